The topological polar surface area (TPSA) is 24.1 Å². The quantitative estimate of drug-likeness (QED) is 0.579. The van der Waals surface area contributed by atoms with Crippen LogP contribution < -0.4 is 10.6 Å². The van der Waals surface area contributed by atoms with Crippen molar-refractivity contribution in [1.29, 1.82) is 0 Å². The Bertz CT molecular complexity index is 654. The molecule has 0 heterocycles. The number of benzene rings is 2. The number of hydrogen-bond donors (Lipinski definition) is 2. The molecule has 0 radical (unpaired) electrons. The van der Waals surface area contributed by atoms with E-state index in [4.69, 9.17) is 12.2 Å². The fourth-order valence-electron chi connectivity index (χ4n) is 2.26. The van der Waals surface area contributed by atoms with Gasteiger partial charge in [0.2, 0.25) is 0 Å². The lowest BCUT2D eigenvalue weighted by molar-refractivity contribution is 0.989. The minimum Gasteiger partial charge on any atom is -0.362 e. The number of rotatable bonds is 6. The molecule has 0 atom stereocenters. The number of thioether (sulfide) groups is 1. The van der Waals surface area contributed by atoms with Crippen LogP contribution in [0.15, 0.2) is 42.5 Å². The molecule has 0 fully saturated rings. The first-order chi connectivity index (χ1) is 11.1. The second kappa shape index (κ2) is 8.94. The van der Waals surface area contributed by atoms with Gasteiger partial charge in [0.05, 0.1) is 0 Å². The summed E-state index contributed by atoms with van der Waals surface area (Å²) in [6.45, 7) is 7.23. The lowest BCUT2D eigenvalue weighted by Crippen LogP contribution is -2.30. The first kappa shape index (κ1) is 17.8. The van der Waals surface area contributed by atoms with Crippen LogP contribution in [0, 0.1) is 20.8 Å². The fraction of sp³-hybridized carbons (Fsp3) is 0.316. The fourth-order valence-corrected chi connectivity index (χ4v) is 3.29. The van der Waals surface area contributed by atoms with Gasteiger partial charge < -0.3 is 10.6 Å². The summed E-state index contributed by atoms with van der Waals surface area (Å²) >= 11 is 7.30. The van der Waals surface area contributed by atoms with Gasteiger partial charge in [0.1, 0.15) is 0 Å². The van der Waals surface area contributed by atoms with Gasteiger partial charge in [0, 0.05) is 23.7 Å². The second-order valence-electron chi connectivity index (χ2n) is 5.67. The van der Waals surface area contributed by atoms with Gasteiger partial charge in [-0.05, 0) is 61.3 Å². The van der Waals surface area contributed by atoms with E-state index in [9.17, 15) is 0 Å². The summed E-state index contributed by atoms with van der Waals surface area (Å²) in [6.07, 6.45) is 0. The largest absolute Gasteiger partial charge is 0.362 e. The second-order valence-corrected chi connectivity index (χ2v) is 7.18. The molecule has 0 saturated heterocycles. The molecular weight excluding hydrogens is 320 g/mol. The summed E-state index contributed by atoms with van der Waals surface area (Å²) in [5, 5.41) is 7.27. The van der Waals surface area contributed by atoms with Crippen molar-refractivity contribution in [2.24, 2.45) is 0 Å². The molecule has 2 N–H and O–H groups in total. The molecule has 0 spiro atoms. The van der Waals surface area contributed by atoms with Crippen LogP contribution >= 0.6 is 24.0 Å². The maximum atomic E-state index is 5.38. The Balaban J connectivity index is 1.70. The molecule has 2 aromatic rings. The number of nitrogens with one attached hydrogen (secondary N) is 2. The minimum atomic E-state index is 0.691. The molecule has 2 nitrogen and oxygen atoms in total. The van der Waals surface area contributed by atoms with Crippen LogP contribution in [0.2, 0.25) is 0 Å². The van der Waals surface area contributed by atoms with Gasteiger partial charge in [0.25, 0.3) is 0 Å². The van der Waals surface area contributed by atoms with E-state index in [2.05, 4.69) is 73.9 Å². The van der Waals surface area contributed by atoms with Crippen molar-refractivity contribution in [1.82, 2.24) is 5.32 Å². The lowest BCUT2D eigenvalue weighted by atomic mass is 10.1. The van der Waals surface area contributed by atoms with E-state index in [1.807, 2.05) is 11.8 Å². The summed E-state index contributed by atoms with van der Waals surface area (Å²) in [4.78, 5) is 0. The maximum Gasteiger partial charge on any atom is 0.170 e. The molecule has 0 aromatic heterocycles. The van der Waals surface area contributed by atoms with Crippen molar-refractivity contribution >= 4 is 34.8 Å². The molecule has 0 bridgehead atoms. The Kier molecular flexibility index (Phi) is 6.93. The Morgan fingerprint density at radius 3 is 2.43 bits per heavy atom. The van der Waals surface area contributed by atoms with Gasteiger partial charge in [-0.2, -0.15) is 11.8 Å². The van der Waals surface area contributed by atoms with Crippen molar-refractivity contribution < 1.29 is 0 Å². The molecular formula is C19H24N2S2. The summed E-state index contributed by atoms with van der Waals surface area (Å²) in [6, 6.07) is 14.9. The van der Waals surface area contributed by atoms with E-state index in [1.165, 1.54) is 22.3 Å². The smallest absolute Gasteiger partial charge is 0.170 e. The van der Waals surface area contributed by atoms with Crippen molar-refractivity contribution in [2.45, 2.75) is 26.5 Å². The Hall–Kier alpha value is -1.52. The number of hydrogen-bond acceptors (Lipinski definition) is 2. The lowest BCUT2D eigenvalue weighted by Gasteiger charge is -2.14. The van der Waals surface area contributed by atoms with Crippen LogP contribution in [0.5, 0.6) is 0 Å². The van der Waals surface area contributed by atoms with Gasteiger partial charge >= 0.3 is 0 Å². The molecule has 4 heteroatoms. The van der Waals surface area contributed by atoms with Gasteiger partial charge in [-0.25, -0.2) is 0 Å². The SMILES string of the molecule is Cc1cc(C)c(NC(=S)NCCSCc2ccccc2)cc1C. The van der Waals surface area contributed by atoms with E-state index >= 15 is 0 Å². The van der Waals surface area contributed by atoms with E-state index in [0.29, 0.717) is 5.11 Å². The zero-order chi connectivity index (χ0) is 16.7. The zero-order valence-electron chi connectivity index (χ0n) is 14.0. The molecule has 23 heavy (non-hydrogen) atoms. The molecule has 2 aromatic carbocycles. The average Bonchev–Trinajstić information content (AvgIpc) is 2.53. The highest BCUT2D eigenvalue weighted by Crippen LogP contribution is 2.19. The van der Waals surface area contributed by atoms with Crippen LogP contribution in [0.25, 0.3) is 0 Å². The summed E-state index contributed by atoms with van der Waals surface area (Å²) < 4.78 is 0. The van der Waals surface area contributed by atoms with Crippen LogP contribution in [-0.4, -0.2) is 17.4 Å². The molecule has 0 saturated carbocycles. The highest BCUT2D eigenvalue weighted by Gasteiger charge is 2.03. The molecule has 0 aliphatic rings. The van der Waals surface area contributed by atoms with E-state index in [0.717, 1.165) is 23.7 Å². The normalized spacial score (nSPS) is 10.4. The molecule has 122 valence electrons. The standard InChI is InChI=1S/C19H24N2S2/c1-14-11-16(3)18(12-15(14)2)21-19(22)20-9-10-23-13-17-7-5-4-6-8-17/h4-8,11-12H,9-10,13H2,1-3H3,(H2,20,21,22). The Labute approximate surface area is 149 Å². The van der Waals surface area contributed by atoms with Crippen molar-refractivity contribution in [3.05, 3.63) is 64.7 Å². The first-order valence-electron chi connectivity index (χ1n) is 7.80. The third-order valence-corrected chi connectivity index (χ3v) is 5.01. The van der Waals surface area contributed by atoms with Crippen LogP contribution in [-0.2, 0) is 5.75 Å². The van der Waals surface area contributed by atoms with E-state index in [1.54, 1.807) is 0 Å². The average molecular weight is 345 g/mol. The minimum absolute atomic E-state index is 0.691. The predicted octanol–water partition coefficient (Wildman–Crippen LogP) is 4.83. The summed E-state index contributed by atoms with van der Waals surface area (Å²) in [5.41, 5.74) is 6.26. The number of aryl methyl sites for hydroxylation is 3. The maximum absolute atomic E-state index is 5.38. The summed E-state index contributed by atoms with van der Waals surface area (Å²) in [5.74, 6) is 2.07. The van der Waals surface area contributed by atoms with E-state index in [-0.39, 0.29) is 0 Å². The molecule has 0 aliphatic heterocycles. The number of thiocarbonyl (C=S) groups is 1. The third-order valence-electron chi connectivity index (χ3n) is 3.73. The molecule has 0 aliphatic carbocycles. The van der Waals surface area contributed by atoms with E-state index < -0.39 is 0 Å². The highest BCUT2D eigenvalue weighted by molar-refractivity contribution is 7.98. The Morgan fingerprint density at radius 2 is 1.70 bits per heavy atom. The van der Waals surface area contributed by atoms with Crippen LogP contribution in [0.4, 0.5) is 5.69 Å². The zero-order valence-corrected chi connectivity index (χ0v) is 15.6. The Morgan fingerprint density at radius 1 is 1.00 bits per heavy atom. The number of anilines is 1. The highest BCUT2D eigenvalue weighted by atomic mass is 32.2. The van der Waals surface area contributed by atoms with Crippen molar-refractivity contribution in [3.63, 3.8) is 0 Å². The van der Waals surface area contributed by atoms with Gasteiger partial charge in [-0.1, -0.05) is 36.4 Å². The van der Waals surface area contributed by atoms with Crippen LogP contribution in [0.1, 0.15) is 22.3 Å². The van der Waals surface area contributed by atoms with Gasteiger partial charge in [0.15, 0.2) is 5.11 Å². The van der Waals surface area contributed by atoms with Gasteiger partial charge in [-0.3, -0.25) is 0 Å². The van der Waals surface area contributed by atoms with Crippen molar-refractivity contribution in [2.75, 3.05) is 17.6 Å². The first-order valence-corrected chi connectivity index (χ1v) is 9.37. The predicted molar refractivity (Wildman–Crippen MR) is 107 cm³/mol. The molecule has 0 amide bonds. The molecule has 2 rings (SSSR count). The summed E-state index contributed by atoms with van der Waals surface area (Å²) in [7, 11) is 0. The monoisotopic (exact) mass is 344 g/mol. The van der Waals surface area contributed by atoms with Crippen molar-refractivity contribution in [3.8, 4) is 0 Å². The molecule has 0 unspecified atom stereocenters. The van der Waals surface area contributed by atoms with Gasteiger partial charge in [-0.15, -0.1) is 0 Å². The third kappa shape index (κ3) is 5.88. The van der Waals surface area contributed by atoms with Crippen LogP contribution in [0.3, 0.4) is 0 Å².